The maximum Gasteiger partial charge on any atom is 0.308 e. The number of benzene rings is 1. The van der Waals surface area contributed by atoms with Gasteiger partial charge in [-0.3, -0.25) is 9.59 Å². The van der Waals surface area contributed by atoms with Crippen LogP contribution in [-0.2, 0) is 16.0 Å². The van der Waals surface area contributed by atoms with Crippen LogP contribution in [0.2, 0.25) is 0 Å². The Morgan fingerprint density at radius 2 is 2.14 bits per heavy atom. The zero-order valence-electron chi connectivity index (χ0n) is 11.9. The van der Waals surface area contributed by atoms with Crippen LogP contribution in [0, 0.1) is 11.8 Å². The van der Waals surface area contributed by atoms with Gasteiger partial charge in [-0.15, -0.1) is 0 Å². The van der Waals surface area contributed by atoms with Crippen molar-refractivity contribution in [1.29, 1.82) is 0 Å². The number of hydrogen-bond donors (Lipinski definition) is 2. The second-order valence-electron chi connectivity index (χ2n) is 5.94. The van der Waals surface area contributed by atoms with Crippen LogP contribution in [-0.4, -0.2) is 36.6 Å². The number of aliphatic carboxylic acids is 1. The predicted octanol–water partition coefficient (Wildman–Crippen LogP) is 1.28. The standard InChI is InChI=1S/C16H20N2O3/c19-15(7-11-5-6-17-9-11)18-10-13(16(20)21)8-12-3-1-2-4-14(12)18/h1-4,11,13,17H,5-10H2,(H,20,21). The first kappa shape index (κ1) is 14.1. The molecule has 2 atom stereocenters. The maximum absolute atomic E-state index is 12.6. The number of carboxylic acids is 1. The van der Waals surface area contributed by atoms with E-state index in [0.717, 1.165) is 30.8 Å². The normalized spacial score (nSPS) is 24.7. The predicted molar refractivity (Wildman–Crippen MR) is 79.2 cm³/mol. The Morgan fingerprint density at radius 1 is 1.33 bits per heavy atom. The van der Waals surface area contributed by atoms with Gasteiger partial charge in [-0.25, -0.2) is 0 Å². The number of rotatable bonds is 3. The summed E-state index contributed by atoms with van der Waals surface area (Å²) in [6.45, 7) is 2.13. The summed E-state index contributed by atoms with van der Waals surface area (Å²) in [5.41, 5.74) is 1.83. The van der Waals surface area contributed by atoms with Gasteiger partial charge in [-0.1, -0.05) is 18.2 Å². The Bertz CT molecular complexity index is 552. The third-order valence-corrected chi connectivity index (χ3v) is 4.43. The Balaban J connectivity index is 1.81. The average molecular weight is 288 g/mol. The van der Waals surface area contributed by atoms with Crippen LogP contribution < -0.4 is 10.2 Å². The van der Waals surface area contributed by atoms with Gasteiger partial charge in [0.15, 0.2) is 0 Å². The lowest BCUT2D eigenvalue weighted by molar-refractivity contribution is -0.141. The van der Waals surface area contributed by atoms with Gasteiger partial charge < -0.3 is 15.3 Å². The number of para-hydroxylation sites is 1. The van der Waals surface area contributed by atoms with Gasteiger partial charge in [0.05, 0.1) is 5.92 Å². The van der Waals surface area contributed by atoms with Crippen molar-refractivity contribution in [1.82, 2.24) is 5.32 Å². The van der Waals surface area contributed by atoms with Gasteiger partial charge in [0.1, 0.15) is 0 Å². The zero-order valence-corrected chi connectivity index (χ0v) is 11.9. The first-order chi connectivity index (χ1) is 10.1. The summed E-state index contributed by atoms with van der Waals surface area (Å²) >= 11 is 0. The minimum atomic E-state index is -0.829. The number of amides is 1. The Hall–Kier alpha value is -1.88. The second kappa shape index (κ2) is 5.85. The van der Waals surface area contributed by atoms with Crippen LogP contribution in [0.3, 0.4) is 0 Å². The Labute approximate surface area is 123 Å². The number of nitrogens with one attached hydrogen (secondary N) is 1. The Morgan fingerprint density at radius 3 is 2.86 bits per heavy atom. The minimum absolute atomic E-state index is 0.0436. The van der Waals surface area contributed by atoms with E-state index in [4.69, 9.17) is 0 Å². The minimum Gasteiger partial charge on any atom is -0.481 e. The summed E-state index contributed by atoms with van der Waals surface area (Å²) in [6.07, 6.45) is 2.01. The van der Waals surface area contributed by atoms with E-state index in [9.17, 15) is 14.7 Å². The van der Waals surface area contributed by atoms with Crippen molar-refractivity contribution < 1.29 is 14.7 Å². The molecule has 1 saturated heterocycles. The smallest absolute Gasteiger partial charge is 0.308 e. The summed E-state index contributed by atoms with van der Waals surface area (Å²) in [5, 5.41) is 12.6. The van der Waals surface area contributed by atoms with E-state index < -0.39 is 11.9 Å². The molecule has 1 aromatic carbocycles. The quantitative estimate of drug-likeness (QED) is 0.879. The highest BCUT2D eigenvalue weighted by molar-refractivity contribution is 5.95. The highest BCUT2D eigenvalue weighted by Gasteiger charge is 2.33. The lowest BCUT2D eigenvalue weighted by Gasteiger charge is -2.33. The fourth-order valence-electron chi connectivity index (χ4n) is 3.24. The molecule has 1 fully saturated rings. The summed E-state index contributed by atoms with van der Waals surface area (Å²) < 4.78 is 0. The second-order valence-corrected chi connectivity index (χ2v) is 5.94. The highest BCUT2D eigenvalue weighted by Crippen LogP contribution is 2.31. The van der Waals surface area contributed by atoms with E-state index in [1.54, 1.807) is 4.90 Å². The van der Waals surface area contributed by atoms with Crippen LogP contribution in [0.25, 0.3) is 0 Å². The molecule has 5 heteroatoms. The number of anilines is 1. The van der Waals surface area contributed by atoms with Gasteiger partial charge in [0.25, 0.3) is 0 Å². The molecule has 1 aromatic rings. The molecule has 0 spiro atoms. The molecule has 2 unspecified atom stereocenters. The number of carbonyl (C=O) groups is 2. The molecule has 0 bridgehead atoms. The fraction of sp³-hybridized carbons (Fsp3) is 0.500. The van der Waals surface area contributed by atoms with Crippen LogP contribution in [0.4, 0.5) is 5.69 Å². The molecule has 0 aromatic heterocycles. The molecular weight excluding hydrogens is 268 g/mol. The number of carboxylic acid groups (broad SMARTS) is 1. The van der Waals surface area contributed by atoms with E-state index in [2.05, 4.69) is 5.32 Å². The first-order valence-corrected chi connectivity index (χ1v) is 7.47. The summed E-state index contributed by atoms with van der Waals surface area (Å²) in [7, 11) is 0. The fourth-order valence-corrected chi connectivity index (χ4v) is 3.24. The molecule has 0 radical (unpaired) electrons. The summed E-state index contributed by atoms with van der Waals surface area (Å²) in [6, 6.07) is 7.63. The van der Waals surface area contributed by atoms with E-state index in [1.165, 1.54) is 0 Å². The molecule has 2 heterocycles. The molecule has 2 aliphatic heterocycles. The third-order valence-electron chi connectivity index (χ3n) is 4.43. The summed E-state index contributed by atoms with van der Waals surface area (Å²) in [4.78, 5) is 25.6. The van der Waals surface area contributed by atoms with Crippen molar-refractivity contribution in [2.45, 2.75) is 19.3 Å². The van der Waals surface area contributed by atoms with E-state index in [-0.39, 0.29) is 12.5 Å². The van der Waals surface area contributed by atoms with Crippen molar-refractivity contribution in [3.8, 4) is 0 Å². The monoisotopic (exact) mass is 288 g/mol. The molecule has 5 nitrogen and oxygen atoms in total. The topological polar surface area (TPSA) is 69.6 Å². The Kier molecular flexibility index (Phi) is 3.92. The molecule has 2 N–H and O–H groups in total. The lowest BCUT2D eigenvalue weighted by atomic mass is 9.91. The largest absolute Gasteiger partial charge is 0.481 e. The van der Waals surface area contributed by atoms with Crippen LogP contribution >= 0.6 is 0 Å². The molecule has 0 saturated carbocycles. The van der Waals surface area contributed by atoms with Gasteiger partial charge in [0.2, 0.25) is 5.91 Å². The lowest BCUT2D eigenvalue weighted by Crippen LogP contribution is -2.43. The molecule has 21 heavy (non-hydrogen) atoms. The molecule has 3 rings (SSSR count). The zero-order chi connectivity index (χ0) is 14.8. The number of hydrogen-bond acceptors (Lipinski definition) is 3. The van der Waals surface area contributed by atoms with Crippen molar-refractivity contribution in [2.75, 3.05) is 24.5 Å². The maximum atomic E-state index is 12.6. The third kappa shape index (κ3) is 2.93. The molecule has 1 amide bonds. The average Bonchev–Trinajstić information content (AvgIpc) is 2.98. The van der Waals surface area contributed by atoms with Crippen molar-refractivity contribution in [3.05, 3.63) is 29.8 Å². The van der Waals surface area contributed by atoms with E-state index in [1.807, 2.05) is 24.3 Å². The molecule has 2 aliphatic rings. The SMILES string of the molecule is O=C(O)C1Cc2ccccc2N(C(=O)CC2CCNC2)C1. The van der Waals surface area contributed by atoms with Crippen molar-refractivity contribution in [3.63, 3.8) is 0 Å². The first-order valence-electron chi connectivity index (χ1n) is 7.47. The van der Waals surface area contributed by atoms with Crippen LogP contribution in [0.15, 0.2) is 24.3 Å². The van der Waals surface area contributed by atoms with Gasteiger partial charge in [-0.2, -0.15) is 0 Å². The highest BCUT2D eigenvalue weighted by atomic mass is 16.4. The van der Waals surface area contributed by atoms with Crippen LogP contribution in [0.5, 0.6) is 0 Å². The van der Waals surface area contributed by atoms with E-state index in [0.29, 0.717) is 18.8 Å². The van der Waals surface area contributed by atoms with Gasteiger partial charge in [-0.05, 0) is 43.5 Å². The van der Waals surface area contributed by atoms with Crippen LogP contribution in [0.1, 0.15) is 18.4 Å². The van der Waals surface area contributed by atoms with E-state index >= 15 is 0 Å². The van der Waals surface area contributed by atoms with Gasteiger partial charge >= 0.3 is 5.97 Å². The van der Waals surface area contributed by atoms with Crippen molar-refractivity contribution >= 4 is 17.6 Å². The summed E-state index contributed by atoms with van der Waals surface area (Å²) in [5.74, 6) is -0.924. The number of carbonyl (C=O) groups excluding carboxylic acids is 1. The molecule has 0 aliphatic carbocycles. The molecule has 112 valence electrons. The van der Waals surface area contributed by atoms with Gasteiger partial charge in [0, 0.05) is 18.7 Å². The number of nitrogens with zero attached hydrogens (tertiary/aromatic N) is 1. The number of fused-ring (bicyclic) bond motifs is 1. The molecular formula is C16H20N2O3. The van der Waals surface area contributed by atoms with Crippen molar-refractivity contribution in [2.24, 2.45) is 11.8 Å².